The van der Waals surface area contributed by atoms with Gasteiger partial charge in [0.05, 0.1) is 16.1 Å². The summed E-state index contributed by atoms with van der Waals surface area (Å²) in [6.07, 6.45) is -4.44. The van der Waals surface area contributed by atoms with Crippen LogP contribution in [0.4, 0.5) is 18.9 Å². The summed E-state index contributed by atoms with van der Waals surface area (Å²) in [7, 11) is 0. The number of carboxylic acids is 1. The minimum Gasteiger partial charge on any atom is -0.478 e. The molecular weight excluding hydrogens is 319 g/mol. The Kier molecular flexibility index (Phi) is 4.61. The van der Waals surface area contributed by atoms with Crippen molar-refractivity contribution in [2.24, 2.45) is 0 Å². The Hall–Kier alpha value is -2.21. The molecule has 0 bridgehead atoms. The number of halogens is 4. The van der Waals surface area contributed by atoms with Gasteiger partial charge < -0.3 is 10.4 Å². The highest BCUT2D eigenvalue weighted by molar-refractivity contribution is 6.33. The smallest absolute Gasteiger partial charge is 0.416 e. The van der Waals surface area contributed by atoms with Crippen LogP contribution in [0.15, 0.2) is 42.5 Å². The number of anilines is 1. The molecule has 0 saturated carbocycles. The lowest BCUT2D eigenvalue weighted by Gasteiger charge is -2.14. The van der Waals surface area contributed by atoms with Crippen LogP contribution in [0.1, 0.15) is 21.5 Å². The highest BCUT2D eigenvalue weighted by Gasteiger charge is 2.32. The van der Waals surface area contributed by atoms with Crippen molar-refractivity contribution in [3.63, 3.8) is 0 Å². The second-order valence-corrected chi connectivity index (χ2v) is 4.92. The highest BCUT2D eigenvalue weighted by Crippen LogP contribution is 2.32. The quantitative estimate of drug-likeness (QED) is 0.857. The van der Waals surface area contributed by atoms with Gasteiger partial charge in [0.15, 0.2) is 0 Å². The molecule has 22 heavy (non-hydrogen) atoms. The molecule has 0 aliphatic heterocycles. The standard InChI is InChI=1S/C15H11ClF3NO2/c16-13-6-5-10(7-11(13)14(21)22)20-8-9-3-1-2-4-12(9)15(17,18)19/h1-7,20H,8H2,(H,21,22). The van der Waals surface area contributed by atoms with Crippen LogP contribution in [0.3, 0.4) is 0 Å². The average Bonchev–Trinajstić information content (AvgIpc) is 2.45. The lowest BCUT2D eigenvalue weighted by molar-refractivity contribution is -0.138. The topological polar surface area (TPSA) is 49.3 Å². The van der Waals surface area contributed by atoms with Crippen LogP contribution in [0.5, 0.6) is 0 Å². The molecule has 0 fully saturated rings. The normalized spacial score (nSPS) is 11.3. The molecule has 116 valence electrons. The van der Waals surface area contributed by atoms with Crippen LogP contribution in [-0.4, -0.2) is 11.1 Å². The number of aromatic carboxylic acids is 1. The van der Waals surface area contributed by atoms with E-state index < -0.39 is 17.7 Å². The van der Waals surface area contributed by atoms with Crippen molar-refractivity contribution < 1.29 is 23.1 Å². The predicted molar refractivity (Wildman–Crippen MR) is 77.2 cm³/mol. The Morgan fingerprint density at radius 1 is 1.18 bits per heavy atom. The van der Waals surface area contributed by atoms with E-state index in [-0.39, 0.29) is 22.7 Å². The third-order valence-corrected chi connectivity index (χ3v) is 3.33. The molecule has 2 rings (SSSR count). The van der Waals surface area contributed by atoms with Gasteiger partial charge in [-0.15, -0.1) is 0 Å². The van der Waals surface area contributed by atoms with Crippen molar-refractivity contribution in [3.05, 3.63) is 64.2 Å². The number of benzene rings is 2. The summed E-state index contributed by atoms with van der Waals surface area (Å²) in [4.78, 5) is 11.0. The van der Waals surface area contributed by atoms with E-state index in [4.69, 9.17) is 16.7 Å². The van der Waals surface area contributed by atoms with Gasteiger partial charge in [-0.2, -0.15) is 13.2 Å². The average molecular weight is 330 g/mol. The maximum absolute atomic E-state index is 12.9. The molecule has 0 heterocycles. The summed E-state index contributed by atoms with van der Waals surface area (Å²) in [5.41, 5.74) is -0.397. The molecule has 0 saturated heterocycles. The molecule has 0 amide bonds. The van der Waals surface area contributed by atoms with Gasteiger partial charge in [0.2, 0.25) is 0 Å². The number of hydrogen-bond acceptors (Lipinski definition) is 2. The van der Waals surface area contributed by atoms with Crippen LogP contribution in [0.25, 0.3) is 0 Å². The van der Waals surface area contributed by atoms with Crippen molar-refractivity contribution in [2.75, 3.05) is 5.32 Å². The molecule has 0 aliphatic carbocycles. The van der Waals surface area contributed by atoms with Gasteiger partial charge in [0, 0.05) is 12.2 Å². The molecule has 0 aromatic heterocycles. The number of hydrogen-bond donors (Lipinski definition) is 2. The first kappa shape index (κ1) is 16.2. The third-order valence-electron chi connectivity index (χ3n) is 3.00. The number of carboxylic acid groups (broad SMARTS) is 1. The van der Waals surface area contributed by atoms with Crippen LogP contribution in [0.2, 0.25) is 5.02 Å². The molecule has 0 aliphatic rings. The van der Waals surface area contributed by atoms with Crippen molar-refractivity contribution in [1.82, 2.24) is 0 Å². The van der Waals surface area contributed by atoms with Crippen molar-refractivity contribution >= 4 is 23.3 Å². The van der Waals surface area contributed by atoms with Gasteiger partial charge in [-0.05, 0) is 29.8 Å². The molecule has 0 unspecified atom stereocenters. The molecule has 2 aromatic carbocycles. The van der Waals surface area contributed by atoms with Gasteiger partial charge >= 0.3 is 12.1 Å². The van der Waals surface area contributed by atoms with Gasteiger partial charge in [0.25, 0.3) is 0 Å². The molecule has 0 radical (unpaired) electrons. The number of nitrogens with one attached hydrogen (secondary N) is 1. The largest absolute Gasteiger partial charge is 0.478 e. The zero-order valence-electron chi connectivity index (χ0n) is 11.1. The Balaban J connectivity index is 2.21. The summed E-state index contributed by atoms with van der Waals surface area (Å²) in [6.45, 7) is -0.0869. The van der Waals surface area contributed by atoms with Crippen LogP contribution >= 0.6 is 11.6 Å². The second-order valence-electron chi connectivity index (χ2n) is 4.51. The summed E-state index contributed by atoms with van der Waals surface area (Å²) in [6, 6.07) is 9.36. The molecule has 0 atom stereocenters. The fourth-order valence-corrected chi connectivity index (χ4v) is 2.15. The van der Waals surface area contributed by atoms with E-state index in [9.17, 15) is 18.0 Å². The van der Waals surface area contributed by atoms with E-state index in [0.29, 0.717) is 5.69 Å². The number of alkyl halides is 3. The molecule has 7 heteroatoms. The minimum absolute atomic E-state index is 0.0636. The van der Waals surface area contributed by atoms with E-state index in [2.05, 4.69) is 5.32 Å². The second kappa shape index (κ2) is 6.27. The summed E-state index contributed by atoms with van der Waals surface area (Å²) in [5, 5.41) is 11.8. The first-order chi connectivity index (χ1) is 10.3. The van der Waals surface area contributed by atoms with Crippen molar-refractivity contribution in [1.29, 1.82) is 0 Å². The van der Waals surface area contributed by atoms with Gasteiger partial charge in [-0.1, -0.05) is 29.8 Å². The zero-order chi connectivity index (χ0) is 16.3. The van der Waals surface area contributed by atoms with E-state index in [1.807, 2.05) is 0 Å². The van der Waals surface area contributed by atoms with E-state index in [1.165, 1.54) is 36.4 Å². The SMILES string of the molecule is O=C(O)c1cc(NCc2ccccc2C(F)(F)F)ccc1Cl. The summed E-state index contributed by atoms with van der Waals surface area (Å²) in [5.74, 6) is -1.20. The van der Waals surface area contributed by atoms with Gasteiger partial charge in [-0.25, -0.2) is 4.79 Å². The van der Waals surface area contributed by atoms with E-state index in [1.54, 1.807) is 0 Å². The Morgan fingerprint density at radius 2 is 1.86 bits per heavy atom. The molecule has 2 N–H and O–H groups in total. The Morgan fingerprint density at radius 3 is 2.50 bits per heavy atom. The zero-order valence-corrected chi connectivity index (χ0v) is 11.9. The molecule has 2 aromatic rings. The highest BCUT2D eigenvalue weighted by atomic mass is 35.5. The first-order valence-corrected chi connectivity index (χ1v) is 6.58. The third kappa shape index (κ3) is 3.71. The fourth-order valence-electron chi connectivity index (χ4n) is 1.95. The van der Waals surface area contributed by atoms with Crippen LogP contribution < -0.4 is 5.32 Å². The van der Waals surface area contributed by atoms with Crippen LogP contribution in [-0.2, 0) is 12.7 Å². The first-order valence-electron chi connectivity index (χ1n) is 6.21. The van der Waals surface area contributed by atoms with Gasteiger partial charge in [0.1, 0.15) is 0 Å². The minimum atomic E-state index is -4.44. The summed E-state index contributed by atoms with van der Waals surface area (Å²) >= 11 is 5.74. The van der Waals surface area contributed by atoms with Crippen LogP contribution in [0, 0.1) is 0 Å². The fraction of sp³-hybridized carbons (Fsp3) is 0.133. The van der Waals surface area contributed by atoms with Gasteiger partial charge in [-0.3, -0.25) is 0 Å². The maximum atomic E-state index is 12.9. The lowest BCUT2D eigenvalue weighted by atomic mass is 10.1. The number of carbonyl (C=O) groups is 1. The molecular formula is C15H11ClF3NO2. The van der Waals surface area contributed by atoms with E-state index >= 15 is 0 Å². The van der Waals surface area contributed by atoms with Crippen molar-refractivity contribution in [3.8, 4) is 0 Å². The monoisotopic (exact) mass is 329 g/mol. The molecule has 3 nitrogen and oxygen atoms in total. The Bertz CT molecular complexity index is 701. The summed E-state index contributed by atoms with van der Waals surface area (Å²) < 4.78 is 38.6. The van der Waals surface area contributed by atoms with Crippen molar-refractivity contribution in [2.45, 2.75) is 12.7 Å². The Labute approximate surface area is 129 Å². The predicted octanol–water partition coefficient (Wildman–Crippen LogP) is 4.67. The van der Waals surface area contributed by atoms with E-state index in [0.717, 1.165) is 6.07 Å². The maximum Gasteiger partial charge on any atom is 0.416 e. The number of rotatable bonds is 4. The lowest BCUT2D eigenvalue weighted by Crippen LogP contribution is -2.11. The molecule has 0 spiro atoms.